The predicted molar refractivity (Wildman–Crippen MR) is 68.9 cm³/mol. The van der Waals surface area contributed by atoms with Crippen molar-refractivity contribution in [2.24, 2.45) is 11.3 Å². The van der Waals surface area contributed by atoms with Gasteiger partial charge in [0.2, 0.25) is 0 Å². The molecule has 3 nitrogen and oxygen atoms in total. The highest BCUT2D eigenvalue weighted by Crippen LogP contribution is 2.53. The summed E-state index contributed by atoms with van der Waals surface area (Å²) < 4.78 is 10.7. The van der Waals surface area contributed by atoms with Crippen LogP contribution >= 0.6 is 0 Å². The molecule has 0 aromatic heterocycles. The van der Waals surface area contributed by atoms with Gasteiger partial charge >= 0.3 is 5.97 Å². The van der Waals surface area contributed by atoms with E-state index in [1.807, 2.05) is 44.2 Å². The molecule has 1 saturated carbocycles. The van der Waals surface area contributed by atoms with E-state index in [1.54, 1.807) is 0 Å². The maximum absolute atomic E-state index is 11.7. The number of benzene rings is 1. The van der Waals surface area contributed by atoms with Crippen LogP contribution in [-0.2, 0) is 20.9 Å². The molecular weight excluding hydrogens is 228 g/mol. The summed E-state index contributed by atoms with van der Waals surface area (Å²) in [4.78, 5) is 11.7. The normalized spacial score (nSPS) is 25.8. The number of carbonyl (C=O) groups excluding carboxylic acids is 1. The molecule has 0 saturated heterocycles. The van der Waals surface area contributed by atoms with Crippen molar-refractivity contribution in [1.82, 2.24) is 0 Å². The van der Waals surface area contributed by atoms with E-state index < -0.39 is 0 Å². The molecule has 2 rings (SSSR count). The van der Waals surface area contributed by atoms with Gasteiger partial charge in [-0.25, -0.2) is 0 Å². The smallest absolute Gasteiger partial charge is 0.312 e. The SMILES string of the molecule is CCOC(=O)C1(C)CC1COCc1ccccc1. The number of rotatable bonds is 6. The van der Waals surface area contributed by atoms with E-state index in [-0.39, 0.29) is 11.4 Å². The molecule has 98 valence electrons. The second kappa shape index (κ2) is 5.53. The minimum atomic E-state index is -0.313. The maximum atomic E-state index is 11.7. The van der Waals surface area contributed by atoms with Gasteiger partial charge in [-0.1, -0.05) is 30.3 Å². The summed E-state index contributed by atoms with van der Waals surface area (Å²) in [7, 11) is 0. The molecule has 1 aromatic rings. The van der Waals surface area contributed by atoms with Crippen molar-refractivity contribution in [2.75, 3.05) is 13.2 Å². The zero-order chi connectivity index (χ0) is 13.0. The van der Waals surface area contributed by atoms with Crippen molar-refractivity contribution in [3.8, 4) is 0 Å². The zero-order valence-electron chi connectivity index (χ0n) is 11.0. The number of esters is 1. The summed E-state index contributed by atoms with van der Waals surface area (Å²) in [6, 6.07) is 10.1. The lowest BCUT2D eigenvalue weighted by atomic mass is 10.1. The Bertz CT molecular complexity index is 401. The summed E-state index contributed by atoms with van der Waals surface area (Å²) in [6.07, 6.45) is 0.876. The fraction of sp³-hybridized carbons (Fsp3) is 0.533. The largest absolute Gasteiger partial charge is 0.466 e. The Morgan fingerprint density at radius 2 is 2.11 bits per heavy atom. The Hall–Kier alpha value is -1.35. The molecule has 1 aliphatic carbocycles. The van der Waals surface area contributed by atoms with E-state index in [2.05, 4.69) is 0 Å². The number of hydrogen-bond donors (Lipinski definition) is 0. The molecule has 1 fully saturated rings. The van der Waals surface area contributed by atoms with Crippen LogP contribution in [0, 0.1) is 11.3 Å². The van der Waals surface area contributed by atoms with Gasteiger partial charge in [-0.15, -0.1) is 0 Å². The number of ether oxygens (including phenoxy) is 2. The van der Waals surface area contributed by atoms with Gasteiger partial charge in [0, 0.05) is 0 Å². The molecule has 1 aliphatic rings. The average molecular weight is 248 g/mol. The van der Waals surface area contributed by atoms with Crippen LogP contribution in [-0.4, -0.2) is 19.2 Å². The second-order valence-electron chi connectivity index (χ2n) is 5.04. The molecule has 2 unspecified atom stereocenters. The third kappa shape index (κ3) is 2.91. The molecule has 0 radical (unpaired) electrons. The van der Waals surface area contributed by atoms with Crippen LogP contribution in [0.4, 0.5) is 0 Å². The van der Waals surface area contributed by atoms with Crippen LogP contribution in [0.15, 0.2) is 30.3 Å². The van der Waals surface area contributed by atoms with E-state index in [1.165, 1.54) is 0 Å². The topological polar surface area (TPSA) is 35.5 Å². The molecule has 18 heavy (non-hydrogen) atoms. The Kier molecular flexibility index (Phi) is 4.02. The molecule has 1 aromatic carbocycles. The molecule has 2 atom stereocenters. The number of hydrogen-bond acceptors (Lipinski definition) is 3. The summed E-state index contributed by atoms with van der Waals surface area (Å²) >= 11 is 0. The van der Waals surface area contributed by atoms with Gasteiger partial charge in [0.1, 0.15) is 0 Å². The Balaban J connectivity index is 1.72. The first-order chi connectivity index (χ1) is 8.66. The van der Waals surface area contributed by atoms with Gasteiger partial charge in [-0.05, 0) is 31.7 Å². The van der Waals surface area contributed by atoms with Crippen molar-refractivity contribution < 1.29 is 14.3 Å². The summed E-state index contributed by atoms with van der Waals surface area (Å²) in [5.74, 6) is 0.221. The fourth-order valence-electron chi connectivity index (χ4n) is 2.14. The summed E-state index contributed by atoms with van der Waals surface area (Å²) in [5, 5.41) is 0. The van der Waals surface area contributed by atoms with Crippen LogP contribution in [0.25, 0.3) is 0 Å². The number of carbonyl (C=O) groups is 1. The van der Waals surface area contributed by atoms with Crippen molar-refractivity contribution >= 4 is 5.97 Å². The molecule has 0 aliphatic heterocycles. The van der Waals surface area contributed by atoms with Crippen LogP contribution < -0.4 is 0 Å². The minimum absolute atomic E-state index is 0.0849. The van der Waals surface area contributed by atoms with E-state index >= 15 is 0 Å². The lowest BCUT2D eigenvalue weighted by molar-refractivity contribution is -0.149. The molecular formula is C15H20O3. The van der Waals surface area contributed by atoms with Gasteiger partial charge < -0.3 is 9.47 Å². The Morgan fingerprint density at radius 3 is 2.78 bits per heavy atom. The van der Waals surface area contributed by atoms with E-state index in [4.69, 9.17) is 9.47 Å². The molecule has 0 N–H and O–H groups in total. The summed E-state index contributed by atoms with van der Waals surface area (Å²) in [5.41, 5.74) is 0.850. The quantitative estimate of drug-likeness (QED) is 0.726. The minimum Gasteiger partial charge on any atom is -0.466 e. The predicted octanol–water partition coefficient (Wildman–Crippen LogP) is 2.79. The highest BCUT2D eigenvalue weighted by Gasteiger charge is 2.57. The average Bonchev–Trinajstić information content (AvgIpc) is 3.04. The van der Waals surface area contributed by atoms with Crippen molar-refractivity contribution in [2.45, 2.75) is 26.9 Å². The zero-order valence-corrected chi connectivity index (χ0v) is 11.0. The van der Waals surface area contributed by atoms with Gasteiger partial charge in [0.25, 0.3) is 0 Å². The standard InChI is InChI=1S/C15H20O3/c1-3-18-14(16)15(2)9-13(15)11-17-10-12-7-5-4-6-8-12/h4-8,13H,3,9-11H2,1-2H3. The molecule has 0 bridgehead atoms. The second-order valence-corrected chi connectivity index (χ2v) is 5.04. The van der Waals surface area contributed by atoms with Gasteiger partial charge in [-0.2, -0.15) is 0 Å². The molecule has 0 amide bonds. The lowest BCUT2D eigenvalue weighted by Crippen LogP contribution is -2.19. The molecule has 0 spiro atoms. The van der Waals surface area contributed by atoms with E-state index in [0.29, 0.717) is 25.7 Å². The van der Waals surface area contributed by atoms with Crippen LogP contribution in [0.2, 0.25) is 0 Å². The maximum Gasteiger partial charge on any atom is 0.312 e. The summed E-state index contributed by atoms with van der Waals surface area (Å²) in [6.45, 7) is 5.48. The third-order valence-electron chi connectivity index (χ3n) is 3.58. The van der Waals surface area contributed by atoms with Gasteiger partial charge in [0.15, 0.2) is 0 Å². The van der Waals surface area contributed by atoms with Crippen molar-refractivity contribution in [3.63, 3.8) is 0 Å². The van der Waals surface area contributed by atoms with E-state index in [9.17, 15) is 4.79 Å². The first-order valence-corrected chi connectivity index (χ1v) is 6.45. The Morgan fingerprint density at radius 1 is 1.39 bits per heavy atom. The third-order valence-corrected chi connectivity index (χ3v) is 3.58. The van der Waals surface area contributed by atoms with E-state index in [0.717, 1.165) is 12.0 Å². The van der Waals surface area contributed by atoms with Crippen molar-refractivity contribution in [1.29, 1.82) is 0 Å². The first kappa shape index (κ1) is 13.1. The van der Waals surface area contributed by atoms with Crippen LogP contribution in [0.1, 0.15) is 25.8 Å². The first-order valence-electron chi connectivity index (χ1n) is 6.45. The lowest BCUT2D eigenvalue weighted by Gasteiger charge is -2.10. The fourth-order valence-corrected chi connectivity index (χ4v) is 2.14. The monoisotopic (exact) mass is 248 g/mol. The van der Waals surface area contributed by atoms with Gasteiger partial charge in [0.05, 0.1) is 25.2 Å². The highest BCUT2D eigenvalue weighted by atomic mass is 16.5. The van der Waals surface area contributed by atoms with Crippen molar-refractivity contribution in [3.05, 3.63) is 35.9 Å². The van der Waals surface area contributed by atoms with Crippen LogP contribution in [0.3, 0.4) is 0 Å². The molecule has 0 heterocycles. The van der Waals surface area contributed by atoms with Gasteiger partial charge in [-0.3, -0.25) is 4.79 Å². The Labute approximate surface area is 108 Å². The van der Waals surface area contributed by atoms with Crippen LogP contribution in [0.5, 0.6) is 0 Å². The molecule has 3 heteroatoms. The highest BCUT2D eigenvalue weighted by molar-refractivity contribution is 5.80.